The van der Waals surface area contributed by atoms with Gasteiger partial charge in [-0.2, -0.15) is 0 Å². The second-order valence-electron chi connectivity index (χ2n) is 3.61. The molecule has 0 fully saturated rings. The molecule has 92 valence electrons. The van der Waals surface area contributed by atoms with Crippen LogP contribution in [0.2, 0.25) is 0 Å². The minimum Gasteiger partial charge on any atom is -0.480 e. The molecule has 0 amide bonds. The molecule has 0 aromatic carbocycles. The summed E-state index contributed by atoms with van der Waals surface area (Å²) < 4.78 is 13.3. The van der Waals surface area contributed by atoms with Gasteiger partial charge in [-0.1, -0.05) is 6.08 Å². The molecule has 0 aromatic rings. The normalized spacial score (nSPS) is 15.6. The first kappa shape index (κ1) is 14.7. The van der Waals surface area contributed by atoms with Crippen LogP contribution in [0.15, 0.2) is 11.9 Å². The van der Waals surface area contributed by atoms with E-state index < -0.39 is 17.3 Å². The number of carboxylic acids is 1. The number of aliphatic carboxylic acids is 1. The molecule has 1 atom stereocenters. The topological polar surface area (TPSA) is 99.2 Å². The molecule has 16 heavy (non-hydrogen) atoms. The lowest BCUT2D eigenvalue weighted by atomic mass is 10.0. The van der Waals surface area contributed by atoms with Gasteiger partial charge in [0.15, 0.2) is 5.54 Å². The first-order valence-corrected chi connectivity index (χ1v) is 5.01. The van der Waals surface area contributed by atoms with Gasteiger partial charge in [0.1, 0.15) is 5.83 Å². The van der Waals surface area contributed by atoms with Crippen LogP contribution in [-0.4, -0.2) is 35.9 Å². The van der Waals surface area contributed by atoms with Gasteiger partial charge < -0.3 is 21.6 Å². The zero-order chi connectivity index (χ0) is 12.6. The fourth-order valence-corrected chi connectivity index (χ4v) is 0.944. The third-order valence-electron chi connectivity index (χ3n) is 2.07. The van der Waals surface area contributed by atoms with Crippen molar-refractivity contribution in [2.45, 2.75) is 25.3 Å². The quantitative estimate of drug-likeness (QED) is 0.364. The fourth-order valence-electron chi connectivity index (χ4n) is 0.944. The van der Waals surface area contributed by atoms with E-state index in [0.717, 1.165) is 6.92 Å². The van der Waals surface area contributed by atoms with Crippen LogP contribution in [0.4, 0.5) is 4.39 Å². The Bertz CT molecular complexity index is 277. The summed E-state index contributed by atoms with van der Waals surface area (Å²) in [5.41, 5.74) is 3.34. The lowest BCUT2D eigenvalue weighted by molar-refractivity contribution is -0.141. The molecule has 1 unspecified atom stereocenters. The molecule has 0 heterocycles. The van der Waals surface area contributed by atoms with Crippen LogP contribution in [0.25, 0.3) is 0 Å². The molecule has 0 aliphatic heterocycles. The maximum absolute atomic E-state index is 13.3. The van der Waals surface area contributed by atoms with Crippen molar-refractivity contribution < 1.29 is 14.3 Å². The molecule has 6 heteroatoms. The van der Waals surface area contributed by atoms with Crippen molar-refractivity contribution in [3.63, 3.8) is 0 Å². The molecule has 0 saturated carbocycles. The highest BCUT2D eigenvalue weighted by Gasteiger charge is 2.33. The van der Waals surface area contributed by atoms with Crippen LogP contribution >= 0.6 is 0 Å². The highest BCUT2D eigenvalue weighted by Crippen LogP contribution is 2.16. The van der Waals surface area contributed by atoms with Gasteiger partial charge in [-0.15, -0.1) is 0 Å². The molecule has 5 N–H and O–H groups in total. The highest BCUT2D eigenvalue weighted by molar-refractivity contribution is 5.81. The second kappa shape index (κ2) is 7.08. The summed E-state index contributed by atoms with van der Waals surface area (Å²) in [5.74, 6) is -2.21. The summed E-state index contributed by atoms with van der Waals surface area (Å²) in [6.07, 6.45) is 3.51. The average Bonchev–Trinajstić information content (AvgIpc) is 2.22. The third kappa shape index (κ3) is 4.99. The minimum atomic E-state index is -1.94. The number of hydrogen-bond acceptors (Lipinski definition) is 4. The van der Waals surface area contributed by atoms with Gasteiger partial charge in [0.25, 0.3) is 0 Å². The monoisotopic (exact) mass is 231 g/mol. The van der Waals surface area contributed by atoms with Gasteiger partial charge in [-0.25, -0.2) is 9.18 Å². The number of hydrogen-bond donors (Lipinski definition) is 4. The fraction of sp³-hybridized carbons (Fsp3) is 0.600. The Morgan fingerprint density at radius 1 is 1.69 bits per heavy atom. The van der Waals surface area contributed by atoms with E-state index in [0.29, 0.717) is 25.9 Å². The number of unbranched alkanes of at least 4 members (excludes halogenated alkanes) is 1. The Labute approximate surface area is 94.0 Å². The van der Waals surface area contributed by atoms with E-state index in [1.165, 1.54) is 12.3 Å². The molecule has 0 aliphatic rings. The van der Waals surface area contributed by atoms with Gasteiger partial charge in [0.05, 0.1) is 0 Å². The van der Waals surface area contributed by atoms with E-state index in [1.54, 1.807) is 0 Å². The first-order valence-electron chi connectivity index (χ1n) is 5.01. The Balaban J connectivity index is 3.96. The zero-order valence-electron chi connectivity index (χ0n) is 9.29. The van der Waals surface area contributed by atoms with Crippen molar-refractivity contribution in [2.24, 2.45) is 5.73 Å². The predicted octanol–water partition coefficient (Wildman–Crippen LogP) is 0.661. The first-order chi connectivity index (χ1) is 7.42. The molecular formula is C10H18FN3O2. The Kier molecular flexibility index (Phi) is 6.52. The standard InChI is InChI=1S/C10H18FN3O2/c1-10(13,9(15)16)8(11)4-2-3-6-14-7-5-12/h4-5,12,14H,2-3,6-7,13H2,1H3,(H,15,16). The maximum Gasteiger partial charge on any atom is 0.330 e. The Hall–Kier alpha value is -1.27. The molecule has 0 rings (SSSR count). The van der Waals surface area contributed by atoms with Crippen molar-refractivity contribution in [1.29, 1.82) is 5.41 Å². The number of allylic oxidation sites excluding steroid dienone is 1. The number of carboxylic acid groups (broad SMARTS) is 1. The smallest absolute Gasteiger partial charge is 0.330 e. The summed E-state index contributed by atoms with van der Waals surface area (Å²) in [6, 6.07) is 0. The number of halogens is 1. The molecule has 0 radical (unpaired) electrons. The van der Waals surface area contributed by atoms with Crippen LogP contribution in [0.5, 0.6) is 0 Å². The molecule has 0 aliphatic carbocycles. The lowest BCUT2D eigenvalue weighted by Gasteiger charge is -2.16. The van der Waals surface area contributed by atoms with E-state index >= 15 is 0 Å². The summed E-state index contributed by atoms with van der Waals surface area (Å²) in [5, 5.41) is 18.3. The summed E-state index contributed by atoms with van der Waals surface area (Å²) in [6.45, 7) is 2.25. The van der Waals surface area contributed by atoms with Gasteiger partial charge in [-0.3, -0.25) is 0 Å². The lowest BCUT2D eigenvalue weighted by Crippen LogP contribution is -2.45. The van der Waals surface area contributed by atoms with Gasteiger partial charge in [-0.05, 0) is 26.3 Å². The summed E-state index contributed by atoms with van der Waals surface area (Å²) >= 11 is 0. The van der Waals surface area contributed by atoms with Crippen molar-refractivity contribution >= 4 is 12.2 Å². The Morgan fingerprint density at radius 3 is 2.81 bits per heavy atom. The van der Waals surface area contributed by atoms with Crippen molar-refractivity contribution in [2.75, 3.05) is 13.1 Å². The van der Waals surface area contributed by atoms with E-state index in [-0.39, 0.29) is 0 Å². The molecule has 5 nitrogen and oxygen atoms in total. The molecule has 0 spiro atoms. The van der Waals surface area contributed by atoms with E-state index in [1.807, 2.05) is 0 Å². The van der Waals surface area contributed by atoms with E-state index in [9.17, 15) is 9.18 Å². The van der Waals surface area contributed by atoms with Crippen LogP contribution < -0.4 is 11.1 Å². The highest BCUT2D eigenvalue weighted by atomic mass is 19.1. The molecular weight excluding hydrogens is 213 g/mol. The largest absolute Gasteiger partial charge is 0.480 e. The summed E-state index contributed by atoms with van der Waals surface area (Å²) in [4.78, 5) is 10.6. The SMILES string of the molecule is CC(N)(C(=O)O)C(F)=CCCCNCC=N. The van der Waals surface area contributed by atoms with E-state index in [4.69, 9.17) is 16.2 Å². The number of nitrogens with two attached hydrogens (primary N) is 1. The van der Waals surface area contributed by atoms with Gasteiger partial charge in [0.2, 0.25) is 0 Å². The van der Waals surface area contributed by atoms with Gasteiger partial charge >= 0.3 is 5.97 Å². The molecule has 0 bridgehead atoms. The number of carbonyl (C=O) groups is 1. The van der Waals surface area contributed by atoms with E-state index in [2.05, 4.69) is 5.32 Å². The van der Waals surface area contributed by atoms with Crippen molar-refractivity contribution in [1.82, 2.24) is 5.32 Å². The molecule has 0 saturated heterocycles. The number of rotatable bonds is 8. The minimum absolute atomic E-state index is 0.414. The second-order valence-corrected chi connectivity index (χ2v) is 3.61. The van der Waals surface area contributed by atoms with Crippen molar-refractivity contribution in [3.05, 3.63) is 11.9 Å². The third-order valence-corrected chi connectivity index (χ3v) is 2.07. The number of nitrogens with one attached hydrogen (secondary N) is 2. The van der Waals surface area contributed by atoms with Crippen LogP contribution in [-0.2, 0) is 4.79 Å². The Morgan fingerprint density at radius 2 is 2.31 bits per heavy atom. The molecule has 0 aromatic heterocycles. The zero-order valence-corrected chi connectivity index (χ0v) is 9.29. The van der Waals surface area contributed by atoms with Crippen LogP contribution in [0.3, 0.4) is 0 Å². The predicted molar refractivity (Wildman–Crippen MR) is 60.3 cm³/mol. The van der Waals surface area contributed by atoms with Crippen LogP contribution in [0, 0.1) is 5.41 Å². The van der Waals surface area contributed by atoms with Crippen LogP contribution in [0.1, 0.15) is 19.8 Å². The maximum atomic E-state index is 13.3. The average molecular weight is 231 g/mol. The van der Waals surface area contributed by atoms with Crippen molar-refractivity contribution in [3.8, 4) is 0 Å². The summed E-state index contributed by atoms with van der Waals surface area (Å²) in [7, 11) is 0. The van der Waals surface area contributed by atoms with Gasteiger partial charge in [0, 0.05) is 12.8 Å².